The molecule has 0 aliphatic heterocycles. The monoisotopic (exact) mass is 262 g/mol. The third-order valence-corrected chi connectivity index (χ3v) is 2.61. The summed E-state index contributed by atoms with van der Waals surface area (Å²) in [6.07, 6.45) is 2.63. The molecular formula is C9H11BrZn. The van der Waals surface area contributed by atoms with Crippen molar-refractivity contribution in [3.63, 3.8) is 0 Å². The fraction of sp³-hybridized carbons (Fsp3) is 0.333. The Kier molecular flexibility index (Phi) is 7.20. The summed E-state index contributed by atoms with van der Waals surface area (Å²) in [7, 11) is 0. The molecule has 0 aliphatic rings. The first-order valence-corrected chi connectivity index (χ1v) is 5.86. The number of rotatable bonds is 3. The second kappa shape index (κ2) is 7.00. The molecule has 2 heteroatoms. The van der Waals surface area contributed by atoms with Crippen molar-refractivity contribution < 1.29 is 35.3 Å². The maximum absolute atomic E-state index is 2.20. The van der Waals surface area contributed by atoms with Gasteiger partial charge in [-0.2, -0.15) is 0 Å². The van der Waals surface area contributed by atoms with E-state index < -0.39 is 0 Å². The Morgan fingerprint density at radius 2 is 1.73 bits per heavy atom. The fourth-order valence-electron chi connectivity index (χ4n) is 0.974. The van der Waals surface area contributed by atoms with Crippen LogP contribution in [0.4, 0.5) is 0 Å². The van der Waals surface area contributed by atoms with Gasteiger partial charge in [0.1, 0.15) is 0 Å². The van der Waals surface area contributed by atoms with Crippen molar-refractivity contribution >= 4 is 0 Å². The summed E-state index contributed by atoms with van der Waals surface area (Å²) in [4.78, 5) is 0. The van der Waals surface area contributed by atoms with E-state index in [0.717, 1.165) is 0 Å². The summed E-state index contributed by atoms with van der Waals surface area (Å²) >= 11 is 1.44. The molecule has 0 saturated carbocycles. The molecule has 0 radical (unpaired) electrons. The zero-order valence-corrected chi connectivity index (χ0v) is 11.1. The number of aryl methyl sites for hydroxylation is 1. The summed E-state index contributed by atoms with van der Waals surface area (Å²) < 4.78 is 0. The maximum atomic E-state index is 2.20. The van der Waals surface area contributed by atoms with Crippen LogP contribution < -0.4 is 17.0 Å². The number of hydrogen-bond acceptors (Lipinski definition) is 0. The van der Waals surface area contributed by atoms with Crippen molar-refractivity contribution in [3.8, 4) is 0 Å². The van der Waals surface area contributed by atoms with Crippen molar-refractivity contribution in [1.82, 2.24) is 0 Å². The SMILES string of the molecule is [Br-].[Zn+][CH2]CCc1ccccc1. The Morgan fingerprint density at radius 3 is 2.27 bits per heavy atom. The van der Waals surface area contributed by atoms with E-state index in [9.17, 15) is 0 Å². The van der Waals surface area contributed by atoms with Crippen LogP contribution in [0.3, 0.4) is 0 Å². The van der Waals surface area contributed by atoms with Crippen LogP contribution in [0, 0.1) is 0 Å². The Morgan fingerprint density at radius 1 is 1.09 bits per heavy atom. The summed E-state index contributed by atoms with van der Waals surface area (Å²) in [5.74, 6) is 0. The molecule has 0 nitrogen and oxygen atoms in total. The second-order valence-corrected chi connectivity index (χ2v) is 3.93. The van der Waals surface area contributed by atoms with E-state index in [2.05, 4.69) is 30.3 Å². The van der Waals surface area contributed by atoms with E-state index in [1.807, 2.05) is 0 Å². The van der Waals surface area contributed by atoms with Gasteiger partial charge in [0, 0.05) is 0 Å². The van der Waals surface area contributed by atoms with Crippen LogP contribution in [-0.2, 0) is 24.7 Å². The molecule has 0 atom stereocenters. The Labute approximate surface area is 88.8 Å². The molecule has 0 saturated heterocycles. The molecule has 1 rings (SSSR count). The van der Waals surface area contributed by atoms with Gasteiger partial charge < -0.3 is 17.0 Å². The molecule has 0 fully saturated rings. The van der Waals surface area contributed by atoms with Crippen LogP contribution >= 0.6 is 0 Å². The normalized spacial score (nSPS) is 8.91. The minimum absolute atomic E-state index is 0. The van der Waals surface area contributed by atoms with Gasteiger partial charge in [-0.15, -0.1) is 0 Å². The van der Waals surface area contributed by atoms with Gasteiger partial charge in [-0.1, -0.05) is 0 Å². The van der Waals surface area contributed by atoms with Crippen LogP contribution in [0.15, 0.2) is 30.3 Å². The molecular weight excluding hydrogens is 253 g/mol. The quantitative estimate of drug-likeness (QED) is 0.651. The molecule has 0 N–H and O–H groups in total. The average Bonchev–Trinajstić information content (AvgIpc) is 2.03. The van der Waals surface area contributed by atoms with Gasteiger partial charge in [0.2, 0.25) is 0 Å². The summed E-state index contributed by atoms with van der Waals surface area (Å²) in [5.41, 5.74) is 1.48. The van der Waals surface area contributed by atoms with Gasteiger partial charge in [-0.3, -0.25) is 0 Å². The first-order valence-electron chi connectivity index (χ1n) is 3.76. The average molecular weight is 264 g/mol. The zero-order valence-electron chi connectivity index (χ0n) is 6.59. The van der Waals surface area contributed by atoms with Crippen LogP contribution in [-0.4, -0.2) is 0 Å². The van der Waals surface area contributed by atoms with Crippen molar-refractivity contribution in [3.05, 3.63) is 35.9 Å². The molecule has 0 aromatic heterocycles. The summed E-state index contributed by atoms with van der Waals surface area (Å²) in [5, 5.41) is 1.41. The van der Waals surface area contributed by atoms with Crippen LogP contribution in [0.2, 0.25) is 5.02 Å². The molecule has 0 unspecified atom stereocenters. The summed E-state index contributed by atoms with van der Waals surface area (Å²) in [6, 6.07) is 10.7. The number of halogens is 1. The number of benzene rings is 1. The Bertz CT molecular complexity index is 174. The van der Waals surface area contributed by atoms with E-state index in [0.29, 0.717) is 0 Å². The molecule has 1 aromatic rings. The first kappa shape index (κ1) is 11.3. The van der Waals surface area contributed by atoms with Gasteiger partial charge in [-0.25, -0.2) is 0 Å². The summed E-state index contributed by atoms with van der Waals surface area (Å²) in [6.45, 7) is 0. The third-order valence-electron chi connectivity index (χ3n) is 1.56. The molecule has 0 heterocycles. The fourth-order valence-corrected chi connectivity index (χ4v) is 1.50. The topological polar surface area (TPSA) is 0 Å². The predicted octanol–water partition coefficient (Wildman–Crippen LogP) is -0.412. The van der Waals surface area contributed by atoms with E-state index >= 15 is 0 Å². The number of hydrogen-bond donors (Lipinski definition) is 0. The third kappa shape index (κ3) is 4.71. The van der Waals surface area contributed by atoms with E-state index in [-0.39, 0.29) is 17.0 Å². The van der Waals surface area contributed by atoms with Gasteiger partial charge >= 0.3 is 72.1 Å². The molecule has 56 valence electrons. The van der Waals surface area contributed by atoms with Gasteiger partial charge in [0.05, 0.1) is 0 Å². The van der Waals surface area contributed by atoms with Crippen LogP contribution in [0.25, 0.3) is 0 Å². The Hall–Kier alpha value is 0.323. The van der Waals surface area contributed by atoms with Gasteiger partial charge in [-0.05, 0) is 0 Å². The first-order chi connectivity index (χ1) is 4.93. The molecule has 11 heavy (non-hydrogen) atoms. The van der Waals surface area contributed by atoms with Crippen molar-refractivity contribution in [1.29, 1.82) is 0 Å². The van der Waals surface area contributed by atoms with Crippen LogP contribution in [0.5, 0.6) is 0 Å². The Balaban J connectivity index is 0.000001000. The molecule has 0 bridgehead atoms. The standard InChI is InChI=1S/C9H11.BrH.Zn/c1-2-6-9-7-4-3-5-8-9;;/h3-5,7-8H,1-2,6H2;1H;/q;;+1/p-1. The van der Waals surface area contributed by atoms with Gasteiger partial charge in [0.15, 0.2) is 0 Å². The van der Waals surface area contributed by atoms with E-state index in [1.165, 1.54) is 41.7 Å². The minimum atomic E-state index is 0. The van der Waals surface area contributed by atoms with E-state index in [1.54, 1.807) is 0 Å². The van der Waals surface area contributed by atoms with E-state index in [4.69, 9.17) is 0 Å². The second-order valence-electron chi connectivity index (χ2n) is 2.44. The van der Waals surface area contributed by atoms with Crippen molar-refractivity contribution in [2.24, 2.45) is 0 Å². The zero-order chi connectivity index (χ0) is 7.23. The van der Waals surface area contributed by atoms with Crippen molar-refractivity contribution in [2.45, 2.75) is 17.9 Å². The molecule has 1 aromatic carbocycles. The van der Waals surface area contributed by atoms with Gasteiger partial charge in [0.25, 0.3) is 0 Å². The molecule has 0 aliphatic carbocycles. The predicted molar refractivity (Wildman–Crippen MR) is 39.6 cm³/mol. The molecule has 0 amide bonds. The van der Waals surface area contributed by atoms with Crippen LogP contribution in [0.1, 0.15) is 12.0 Å². The molecule has 0 spiro atoms. The van der Waals surface area contributed by atoms with Crippen molar-refractivity contribution in [2.75, 3.05) is 0 Å².